The number of benzene rings is 1. The second kappa shape index (κ2) is 4.99. The Morgan fingerprint density at radius 2 is 2.26 bits per heavy atom. The predicted octanol–water partition coefficient (Wildman–Crippen LogP) is 1.14. The minimum Gasteiger partial charge on any atom is -0.508 e. The van der Waals surface area contributed by atoms with Crippen molar-refractivity contribution < 1.29 is 14.4 Å². The van der Waals surface area contributed by atoms with Crippen molar-refractivity contribution in [2.24, 2.45) is 0 Å². The second-order valence-corrected chi connectivity index (χ2v) is 4.55. The molecule has 0 aliphatic carbocycles. The lowest BCUT2D eigenvalue weighted by molar-refractivity contribution is 0.185. The highest BCUT2D eigenvalue weighted by atomic mass is 16.5. The van der Waals surface area contributed by atoms with Crippen molar-refractivity contribution in [1.29, 1.82) is 0 Å². The summed E-state index contributed by atoms with van der Waals surface area (Å²) >= 11 is 0. The first-order chi connectivity index (χ1) is 9.28. The van der Waals surface area contributed by atoms with Gasteiger partial charge in [0.25, 0.3) is 0 Å². The van der Waals surface area contributed by atoms with Crippen LogP contribution in [0.15, 0.2) is 28.8 Å². The molecule has 6 nitrogen and oxygen atoms in total. The molecule has 2 unspecified atom stereocenters. The molecule has 1 aromatic carbocycles. The van der Waals surface area contributed by atoms with Gasteiger partial charge in [0.05, 0.1) is 19.1 Å². The van der Waals surface area contributed by atoms with E-state index in [1.54, 1.807) is 18.2 Å². The Hall–Kier alpha value is -1.92. The molecule has 2 aromatic rings. The molecule has 0 bridgehead atoms. The van der Waals surface area contributed by atoms with Gasteiger partial charge >= 0.3 is 0 Å². The molecule has 1 saturated heterocycles. The SMILES string of the molecule is CNC1COCC1c1nc(-c2cccc(O)c2)no1. The van der Waals surface area contributed by atoms with Gasteiger partial charge < -0.3 is 19.7 Å². The number of hydrogen-bond acceptors (Lipinski definition) is 6. The maximum Gasteiger partial charge on any atom is 0.234 e. The lowest BCUT2D eigenvalue weighted by atomic mass is 10.0. The maximum absolute atomic E-state index is 9.46. The molecule has 2 N–H and O–H groups in total. The number of hydrogen-bond donors (Lipinski definition) is 2. The Morgan fingerprint density at radius 3 is 3.05 bits per heavy atom. The van der Waals surface area contributed by atoms with Crippen LogP contribution in [0.25, 0.3) is 11.4 Å². The molecule has 100 valence electrons. The smallest absolute Gasteiger partial charge is 0.234 e. The molecule has 0 amide bonds. The molecule has 1 aliphatic rings. The van der Waals surface area contributed by atoms with Crippen LogP contribution in [0.4, 0.5) is 0 Å². The summed E-state index contributed by atoms with van der Waals surface area (Å²) in [5, 5.41) is 16.6. The molecule has 3 rings (SSSR count). The van der Waals surface area contributed by atoms with E-state index in [0.717, 1.165) is 5.56 Å². The van der Waals surface area contributed by atoms with E-state index < -0.39 is 0 Å². The largest absolute Gasteiger partial charge is 0.508 e. The van der Waals surface area contributed by atoms with Crippen LogP contribution in [-0.2, 0) is 4.74 Å². The van der Waals surface area contributed by atoms with Gasteiger partial charge in [-0.1, -0.05) is 17.3 Å². The van der Waals surface area contributed by atoms with Gasteiger partial charge in [0, 0.05) is 11.6 Å². The Bertz CT molecular complexity index is 570. The highest BCUT2D eigenvalue weighted by Gasteiger charge is 2.33. The molecule has 2 atom stereocenters. The fourth-order valence-electron chi connectivity index (χ4n) is 2.23. The van der Waals surface area contributed by atoms with Crippen molar-refractivity contribution >= 4 is 0 Å². The number of nitrogens with zero attached hydrogens (tertiary/aromatic N) is 2. The van der Waals surface area contributed by atoms with E-state index in [9.17, 15) is 5.11 Å². The summed E-state index contributed by atoms with van der Waals surface area (Å²) in [5.41, 5.74) is 0.731. The zero-order chi connectivity index (χ0) is 13.2. The molecule has 2 heterocycles. The van der Waals surface area contributed by atoms with Crippen LogP contribution < -0.4 is 5.32 Å². The van der Waals surface area contributed by atoms with Crippen LogP contribution in [0.5, 0.6) is 5.75 Å². The van der Waals surface area contributed by atoms with Crippen LogP contribution in [0.3, 0.4) is 0 Å². The minimum absolute atomic E-state index is 0.0727. The molecule has 0 spiro atoms. The minimum atomic E-state index is 0.0727. The van der Waals surface area contributed by atoms with E-state index in [0.29, 0.717) is 24.9 Å². The van der Waals surface area contributed by atoms with Crippen LogP contribution in [0.2, 0.25) is 0 Å². The highest BCUT2D eigenvalue weighted by Crippen LogP contribution is 2.27. The molecular weight excluding hydrogens is 246 g/mol. The normalized spacial score (nSPS) is 22.8. The number of ether oxygens (including phenoxy) is 1. The molecule has 0 radical (unpaired) electrons. The highest BCUT2D eigenvalue weighted by molar-refractivity contribution is 5.56. The number of rotatable bonds is 3. The Morgan fingerprint density at radius 1 is 1.37 bits per heavy atom. The summed E-state index contributed by atoms with van der Waals surface area (Å²) in [6.45, 7) is 1.22. The van der Waals surface area contributed by atoms with Gasteiger partial charge in [0.1, 0.15) is 5.75 Å². The average molecular weight is 261 g/mol. The third kappa shape index (κ3) is 2.32. The summed E-state index contributed by atoms with van der Waals surface area (Å²) in [4.78, 5) is 4.39. The fourth-order valence-corrected chi connectivity index (χ4v) is 2.23. The first kappa shape index (κ1) is 12.1. The molecule has 1 aliphatic heterocycles. The summed E-state index contributed by atoms with van der Waals surface area (Å²) in [7, 11) is 1.89. The average Bonchev–Trinajstić information content (AvgIpc) is 3.07. The topological polar surface area (TPSA) is 80.4 Å². The number of aromatic hydroxyl groups is 1. The van der Waals surface area contributed by atoms with Gasteiger partial charge in [-0.3, -0.25) is 0 Å². The molecule has 6 heteroatoms. The van der Waals surface area contributed by atoms with Crippen LogP contribution in [-0.4, -0.2) is 41.6 Å². The molecular formula is C13H15N3O3. The maximum atomic E-state index is 9.46. The molecule has 0 saturated carbocycles. The van der Waals surface area contributed by atoms with Gasteiger partial charge in [-0.25, -0.2) is 0 Å². The van der Waals surface area contributed by atoms with Crippen molar-refractivity contribution in [3.8, 4) is 17.1 Å². The van der Waals surface area contributed by atoms with Gasteiger partial charge in [-0.05, 0) is 19.2 Å². The van der Waals surface area contributed by atoms with E-state index >= 15 is 0 Å². The van der Waals surface area contributed by atoms with Crippen LogP contribution in [0.1, 0.15) is 11.8 Å². The lowest BCUT2D eigenvalue weighted by Gasteiger charge is -2.11. The van der Waals surface area contributed by atoms with Crippen molar-refractivity contribution in [1.82, 2.24) is 15.5 Å². The number of likely N-dealkylation sites (N-methyl/N-ethyl adjacent to an activating group) is 1. The van der Waals surface area contributed by atoms with E-state index in [-0.39, 0.29) is 17.7 Å². The van der Waals surface area contributed by atoms with Gasteiger partial charge in [0.15, 0.2) is 0 Å². The third-order valence-corrected chi connectivity index (χ3v) is 3.31. The van der Waals surface area contributed by atoms with Crippen LogP contribution in [0, 0.1) is 0 Å². The summed E-state index contributed by atoms with van der Waals surface area (Å²) in [6.07, 6.45) is 0. The van der Waals surface area contributed by atoms with Crippen molar-refractivity contribution in [2.45, 2.75) is 12.0 Å². The molecule has 1 aromatic heterocycles. The molecule has 1 fully saturated rings. The quantitative estimate of drug-likeness (QED) is 0.862. The number of aromatic nitrogens is 2. The van der Waals surface area contributed by atoms with E-state index in [4.69, 9.17) is 9.26 Å². The Labute approximate surface area is 110 Å². The van der Waals surface area contributed by atoms with E-state index in [1.165, 1.54) is 0 Å². The standard InChI is InChI=1S/C13H15N3O3/c1-14-11-7-18-6-10(11)13-15-12(16-19-13)8-3-2-4-9(17)5-8/h2-5,10-11,14,17H,6-7H2,1H3. The summed E-state index contributed by atoms with van der Waals surface area (Å²) in [5.74, 6) is 1.30. The van der Waals surface area contributed by atoms with Crippen molar-refractivity contribution in [3.05, 3.63) is 30.2 Å². The fraction of sp³-hybridized carbons (Fsp3) is 0.385. The number of nitrogens with one attached hydrogen (secondary N) is 1. The monoisotopic (exact) mass is 261 g/mol. The lowest BCUT2D eigenvalue weighted by Crippen LogP contribution is -2.31. The predicted molar refractivity (Wildman–Crippen MR) is 67.8 cm³/mol. The van der Waals surface area contributed by atoms with E-state index in [2.05, 4.69) is 15.5 Å². The van der Waals surface area contributed by atoms with E-state index in [1.807, 2.05) is 13.1 Å². The first-order valence-electron chi connectivity index (χ1n) is 6.16. The number of phenolic OH excluding ortho intramolecular Hbond substituents is 1. The van der Waals surface area contributed by atoms with Gasteiger partial charge in [0.2, 0.25) is 11.7 Å². The first-order valence-corrected chi connectivity index (χ1v) is 6.16. The summed E-state index contributed by atoms with van der Waals surface area (Å²) in [6, 6.07) is 6.98. The molecule has 19 heavy (non-hydrogen) atoms. The van der Waals surface area contributed by atoms with Gasteiger partial charge in [-0.2, -0.15) is 4.98 Å². The van der Waals surface area contributed by atoms with Crippen molar-refractivity contribution in [3.63, 3.8) is 0 Å². The van der Waals surface area contributed by atoms with Crippen molar-refractivity contribution in [2.75, 3.05) is 20.3 Å². The van der Waals surface area contributed by atoms with Gasteiger partial charge in [-0.15, -0.1) is 0 Å². The zero-order valence-electron chi connectivity index (χ0n) is 10.5. The Kier molecular flexibility index (Phi) is 3.18. The zero-order valence-corrected chi connectivity index (χ0v) is 10.5. The second-order valence-electron chi connectivity index (χ2n) is 4.55. The van der Waals surface area contributed by atoms with Crippen LogP contribution >= 0.6 is 0 Å². The Balaban J connectivity index is 1.87. The number of phenols is 1. The summed E-state index contributed by atoms with van der Waals surface area (Å²) < 4.78 is 10.7. The third-order valence-electron chi connectivity index (χ3n) is 3.31.